The second-order valence-corrected chi connectivity index (χ2v) is 14.8. The van der Waals surface area contributed by atoms with Gasteiger partial charge in [-0.15, -0.1) is 0 Å². The number of benzene rings is 2. The van der Waals surface area contributed by atoms with Crippen LogP contribution in [0.4, 0.5) is 5.69 Å². The molecular weight excluding hydrogens is 563 g/mol. The number of nitrogens with zero attached hydrogens (tertiary/aromatic N) is 2. The van der Waals surface area contributed by atoms with Crippen molar-refractivity contribution in [1.82, 2.24) is 5.01 Å². The van der Waals surface area contributed by atoms with E-state index >= 15 is 0 Å². The van der Waals surface area contributed by atoms with E-state index in [0.717, 1.165) is 19.3 Å². The number of sulfone groups is 1. The number of anilines is 1. The first-order chi connectivity index (χ1) is 16.8. The summed E-state index contributed by atoms with van der Waals surface area (Å²) in [6, 6.07) is 9.52. The molecule has 0 radical (unpaired) electrons. The van der Waals surface area contributed by atoms with Crippen LogP contribution in [-0.2, 0) is 19.9 Å². The third-order valence-electron chi connectivity index (χ3n) is 6.41. The predicted octanol–water partition coefficient (Wildman–Crippen LogP) is 6.81. The van der Waals surface area contributed by atoms with Gasteiger partial charge in [0, 0.05) is 29.4 Å². The fraction of sp³-hybridized carbons (Fsp3) is 0.520. The number of hydrazine groups is 1. The summed E-state index contributed by atoms with van der Waals surface area (Å²) in [4.78, 5) is 0.150. The summed E-state index contributed by atoms with van der Waals surface area (Å²) < 4.78 is 54.1. The van der Waals surface area contributed by atoms with E-state index in [-0.39, 0.29) is 39.7 Å². The van der Waals surface area contributed by atoms with Crippen molar-refractivity contribution in [2.45, 2.75) is 56.8 Å². The molecule has 11 heteroatoms. The van der Waals surface area contributed by atoms with Crippen LogP contribution in [0.3, 0.4) is 0 Å². The molecule has 1 aliphatic heterocycles. The Kier molecular flexibility index (Phi) is 10.0. The normalized spacial score (nSPS) is 18.2. The smallest absolute Gasteiger partial charge is 0.229 e. The summed E-state index contributed by atoms with van der Waals surface area (Å²) in [5.74, 6) is -0.261. The third kappa shape index (κ3) is 7.29. The van der Waals surface area contributed by atoms with Gasteiger partial charge in [0.1, 0.15) is 9.84 Å². The molecule has 1 heterocycles. The van der Waals surface area contributed by atoms with Crippen molar-refractivity contribution in [3.05, 3.63) is 57.0 Å². The lowest BCUT2D eigenvalue weighted by Crippen LogP contribution is -2.52. The highest BCUT2D eigenvalue weighted by molar-refractivity contribution is 7.92. The standard InChI is InChI=1S/C25H33Cl3N2O4S2/c1-4-5-7-18(2)22-14-20(26)10-12-25(22)36(33,34)30(24-15-21(27)9-11-23(24)28)29-13-6-8-19(16-29)17-35(3,31)32/h9-12,14-15,18-19H,4-8,13,16-17H2,1-3H3/t18-,19?/m1/s1. The van der Waals surface area contributed by atoms with Gasteiger partial charge < -0.3 is 0 Å². The number of hydrogen-bond acceptors (Lipinski definition) is 5. The maximum Gasteiger partial charge on any atom is 0.278 e. The van der Waals surface area contributed by atoms with Crippen molar-refractivity contribution in [2.75, 3.05) is 29.5 Å². The second-order valence-electron chi connectivity index (χ2n) is 9.58. The number of halogens is 3. The fourth-order valence-electron chi connectivity index (χ4n) is 4.74. The molecule has 2 atom stereocenters. The first-order valence-corrected chi connectivity index (χ1v) is 16.7. The molecule has 1 saturated heterocycles. The molecule has 6 nitrogen and oxygen atoms in total. The Labute approximate surface area is 230 Å². The molecule has 0 bridgehead atoms. The molecule has 1 aliphatic rings. The van der Waals surface area contributed by atoms with E-state index in [9.17, 15) is 16.8 Å². The summed E-state index contributed by atoms with van der Waals surface area (Å²) in [6.45, 7) is 4.77. The van der Waals surface area contributed by atoms with Crippen molar-refractivity contribution in [1.29, 1.82) is 0 Å². The van der Waals surface area contributed by atoms with Crippen LogP contribution < -0.4 is 4.41 Å². The van der Waals surface area contributed by atoms with Crippen LogP contribution in [0.25, 0.3) is 0 Å². The first kappa shape index (κ1) is 29.5. The minimum atomic E-state index is -4.17. The van der Waals surface area contributed by atoms with Gasteiger partial charge in [0.2, 0.25) is 0 Å². The zero-order valence-electron chi connectivity index (χ0n) is 20.8. The van der Waals surface area contributed by atoms with Crippen LogP contribution in [0.15, 0.2) is 41.3 Å². The van der Waals surface area contributed by atoms with Gasteiger partial charge in [0.15, 0.2) is 0 Å². The molecule has 200 valence electrons. The summed E-state index contributed by atoms with van der Waals surface area (Å²) >= 11 is 19.1. The minimum Gasteiger partial charge on any atom is -0.229 e. The topological polar surface area (TPSA) is 74.8 Å². The number of hydrogen-bond donors (Lipinski definition) is 0. The maximum atomic E-state index is 14.4. The van der Waals surface area contributed by atoms with Crippen LogP contribution in [0.1, 0.15) is 57.4 Å². The molecular formula is C25H33Cl3N2O4S2. The molecule has 0 amide bonds. The molecule has 36 heavy (non-hydrogen) atoms. The molecule has 0 aliphatic carbocycles. The van der Waals surface area contributed by atoms with Gasteiger partial charge in [-0.05, 0) is 73.1 Å². The average Bonchev–Trinajstić information content (AvgIpc) is 2.78. The lowest BCUT2D eigenvalue weighted by atomic mass is 9.95. The molecule has 1 unspecified atom stereocenters. The number of unbranched alkanes of at least 4 members (excludes halogenated alkanes) is 1. The molecule has 1 fully saturated rings. The van der Waals surface area contributed by atoms with E-state index in [2.05, 4.69) is 6.92 Å². The summed E-state index contributed by atoms with van der Waals surface area (Å²) in [5.41, 5.74) is 0.870. The van der Waals surface area contributed by atoms with Crippen molar-refractivity contribution >= 4 is 60.4 Å². The molecule has 2 aromatic rings. The molecule has 2 aromatic carbocycles. The van der Waals surface area contributed by atoms with E-state index in [1.165, 1.54) is 16.7 Å². The lowest BCUT2D eigenvalue weighted by Gasteiger charge is -2.41. The summed E-state index contributed by atoms with van der Waals surface area (Å²) in [6.07, 6.45) is 5.30. The Balaban J connectivity index is 2.16. The molecule has 3 rings (SSSR count). The quantitative estimate of drug-likeness (QED) is 0.302. The van der Waals surface area contributed by atoms with Crippen molar-refractivity contribution < 1.29 is 16.8 Å². The highest BCUT2D eigenvalue weighted by atomic mass is 35.5. The van der Waals surface area contributed by atoms with Crippen LogP contribution in [-0.4, -0.2) is 46.9 Å². The summed E-state index contributed by atoms with van der Waals surface area (Å²) in [7, 11) is -7.40. The van der Waals surface area contributed by atoms with Gasteiger partial charge in [-0.2, -0.15) is 12.8 Å². The Morgan fingerprint density at radius 2 is 1.72 bits per heavy atom. The van der Waals surface area contributed by atoms with Crippen LogP contribution in [0, 0.1) is 5.92 Å². The fourth-order valence-corrected chi connectivity index (χ4v) is 8.31. The maximum absolute atomic E-state index is 14.4. The largest absolute Gasteiger partial charge is 0.278 e. The van der Waals surface area contributed by atoms with E-state index in [0.29, 0.717) is 35.0 Å². The second kappa shape index (κ2) is 12.2. The van der Waals surface area contributed by atoms with Gasteiger partial charge in [-0.3, -0.25) is 0 Å². The minimum absolute atomic E-state index is 0.0130. The SMILES string of the molecule is CCCC[C@@H](C)c1cc(Cl)ccc1S(=O)(=O)N(c1cc(Cl)ccc1Cl)N1CCCC(CS(C)(=O)=O)C1. The Bertz CT molecular complexity index is 1290. The zero-order chi connectivity index (χ0) is 26.7. The summed E-state index contributed by atoms with van der Waals surface area (Å²) in [5, 5.41) is 2.71. The predicted molar refractivity (Wildman–Crippen MR) is 150 cm³/mol. The zero-order valence-corrected chi connectivity index (χ0v) is 24.7. The van der Waals surface area contributed by atoms with Crippen LogP contribution in [0.5, 0.6) is 0 Å². The van der Waals surface area contributed by atoms with Gasteiger partial charge in [-0.1, -0.05) is 61.5 Å². The Hall–Kier alpha value is -1.03. The van der Waals surface area contributed by atoms with Crippen LogP contribution >= 0.6 is 34.8 Å². The number of rotatable bonds is 10. The van der Waals surface area contributed by atoms with Crippen molar-refractivity contribution in [2.24, 2.45) is 5.92 Å². The van der Waals surface area contributed by atoms with E-state index in [1.807, 2.05) is 6.92 Å². The number of piperidine rings is 1. The first-order valence-electron chi connectivity index (χ1n) is 12.1. The van der Waals surface area contributed by atoms with E-state index < -0.39 is 19.9 Å². The Morgan fingerprint density at radius 1 is 1.06 bits per heavy atom. The molecule has 0 saturated carbocycles. The highest BCUT2D eigenvalue weighted by Crippen LogP contribution is 2.39. The molecule has 0 aromatic heterocycles. The van der Waals surface area contributed by atoms with Crippen LogP contribution in [0.2, 0.25) is 15.1 Å². The average molecular weight is 596 g/mol. The number of sulfonamides is 1. The molecule has 0 N–H and O–H groups in total. The van der Waals surface area contributed by atoms with E-state index in [1.54, 1.807) is 35.3 Å². The van der Waals surface area contributed by atoms with Gasteiger partial charge in [-0.25, -0.2) is 13.4 Å². The van der Waals surface area contributed by atoms with Crippen molar-refractivity contribution in [3.8, 4) is 0 Å². The lowest BCUT2D eigenvalue weighted by molar-refractivity contribution is 0.194. The highest BCUT2D eigenvalue weighted by Gasteiger charge is 2.37. The third-order valence-corrected chi connectivity index (χ3v) is 10.1. The van der Waals surface area contributed by atoms with Crippen molar-refractivity contribution in [3.63, 3.8) is 0 Å². The Morgan fingerprint density at radius 3 is 2.39 bits per heavy atom. The van der Waals surface area contributed by atoms with E-state index in [4.69, 9.17) is 34.8 Å². The van der Waals surface area contributed by atoms with Gasteiger partial charge in [0.25, 0.3) is 10.0 Å². The van der Waals surface area contributed by atoms with Gasteiger partial charge >= 0.3 is 0 Å². The molecule has 0 spiro atoms. The van der Waals surface area contributed by atoms with Gasteiger partial charge in [0.05, 0.1) is 21.4 Å². The monoisotopic (exact) mass is 594 g/mol.